The third-order valence-electron chi connectivity index (χ3n) is 4.06. The van der Waals surface area contributed by atoms with Crippen LogP contribution in [0.25, 0.3) is 21.9 Å². The molecule has 0 aliphatic heterocycles. The first-order chi connectivity index (χ1) is 13.3. The van der Waals surface area contributed by atoms with Crippen LogP contribution in [0.3, 0.4) is 0 Å². The number of sulfonamides is 1. The fourth-order valence-corrected chi connectivity index (χ4v) is 3.49. The molecule has 2 aromatic heterocycles. The Labute approximate surface area is 163 Å². The van der Waals surface area contributed by atoms with Crippen LogP contribution >= 0.6 is 0 Å². The number of allylic oxidation sites excluding steroid dienone is 1. The highest BCUT2D eigenvalue weighted by molar-refractivity contribution is 7.88. The maximum Gasteiger partial charge on any atom is 0.208 e. The maximum atomic E-state index is 11.3. The van der Waals surface area contributed by atoms with E-state index in [1.54, 1.807) is 6.92 Å². The van der Waals surface area contributed by atoms with Crippen molar-refractivity contribution in [2.24, 2.45) is 0 Å². The number of hydrogen-bond acceptors (Lipinski definition) is 7. The Morgan fingerprint density at radius 2 is 2.07 bits per heavy atom. The quantitative estimate of drug-likeness (QED) is 0.366. The predicted molar refractivity (Wildman–Crippen MR) is 110 cm³/mol. The molecule has 0 bridgehead atoms. The molecule has 0 saturated carbocycles. The van der Waals surface area contributed by atoms with E-state index in [-0.39, 0.29) is 6.61 Å². The third-order valence-corrected chi connectivity index (χ3v) is 4.79. The number of aromatic nitrogens is 3. The highest BCUT2D eigenvalue weighted by Gasteiger charge is 2.17. The third kappa shape index (κ3) is 4.58. The molecule has 1 aromatic carbocycles. The number of nitrogens with two attached hydrogens (primary N) is 1. The first-order valence-electron chi connectivity index (χ1n) is 8.77. The standard InChI is InChI=1S/C18H24N6O3S/c1-12(2)23-27-11-15-22-16-17(24(15)10-6-9-20-28(3,25)26)13-7-4-5-8-14(13)21-18(16)19/h4-5,7-8,20,23H,1,6,9-11H2,2-3H3,(H2,19,21). The molecule has 0 amide bonds. The second kappa shape index (κ2) is 8.13. The van der Waals surface area contributed by atoms with Gasteiger partial charge in [-0.25, -0.2) is 23.1 Å². The summed E-state index contributed by atoms with van der Waals surface area (Å²) < 4.78 is 27.1. The lowest BCUT2D eigenvalue weighted by molar-refractivity contribution is 0.0438. The number of pyridine rings is 1. The van der Waals surface area contributed by atoms with Gasteiger partial charge in [0.05, 0.1) is 17.3 Å². The summed E-state index contributed by atoms with van der Waals surface area (Å²) in [4.78, 5) is 14.5. The van der Waals surface area contributed by atoms with E-state index in [1.807, 2.05) is 28.8 Å². The molecule has 3 aromatic rings. The fourth-order valence-electron chi connectivity index (χ4n) is 2.97. The van der Waals surface area contributed by atoms with Gasteiger partial charge in [0.1, 0.15) is 17.9 Å². The van der Waals surface area contributed by atoms with Gasteiger partial charge in [-0.15, -0.1) is 0 Å². The van der Waals surface area contributed by atoms with Crippen LogP contribution in [0.4, 0.5) is 5.82 Å². The summed E-state index contributed by atoms with van der Waals surface area (Å²) in [5.41, 5.74) is 11.8. The molecule has 9 nitrogen and oxygen atoms in total. The van der Waals surface area contributed by atoms with Crippen LogP contribution in [-0.2, 0) is 28.0 Å². The van der Waals surface area contributed by atoms with E-state index in [0.717, 1.165) is 22.7 Å². The second-order valence-electron chi connectivity index (χ2n) is 6.58. The number of benzene rings is 1. The number of nitrogen functional groups attached to an aromatic ring is 1. The van der Waals surface area contributed by atoms with E-state index in [4.69, 9.17) is 10.6 Å². The highest BCUT2D eigenvalue weighted by atomic mass is 32.2. The van der Waals surface area contributed by atoms with Crippen LogP contribution in [0.5, 0.6) is 0 Å². The van der Waals surface area contributed by atoms with Crippen molar-refractivity contribution in [1.29, 1.82) is 0 Å². The van der Waals surface area contributed by atoms with Gasteiger partial charge < -0.3 is 10.3 Å². The lowest BCUT2D eigenvalue weighted by atomic mass is 10.2. The summed E-state index contributed by atoms with van der Waals surface area (Å²) in [6.07, 6.45) is 1.72. The van der Waals surface area contributed by atoms with Gasteiger partial charge >= 0.3 is 0 Å². The van der Waals surface area contributed by atoms with E-state index in [9.17, 15) is 8.42 Å². The number of hydroxylamine groups is 1. The van der Waals surface area contributed by atoms with Crippen LogP contribution in [-0.4, -0.2) is 35.8 Å². The largest absolute Gasteiger partial charge is 0.382 e. The predicted octanol–water partition coefficient (Wildman–Crippen LogP) is 1.66. The number of para-hydroxylation sites is 1. The van der Waals surface area contributed by atoms with Gasteiger partial charge in [0.15, 0.2) is 5.82 Å². The molecule has 0 atom stereocenters. The van der Waals surface area contributed by atoms with Crippen molar-refractivity contribution in [3.8, 4) is 0 Å². The molecule has 2 heterocycles. The monoisotopic (exact) mass is 404 g/mol. The van der Waals surface area contributed by atoms with Crippen LogP contribution in [0.15, 0.2) is 36.5 Å². The molecule has 0 saturated heterocycles. The molecule has 0 aliphatic rings. The lowest BCUT2D eigenvalue weighted by Gasteiger charge is -2.12. The smallest absolute Gasteiger partial charge is 0.208 e. The SMILES string of the molecule is C=C(C)NOCc1nc2c(N)nc3ccccc3c2n1CCCNS(C)(=O)=O. The van der Waals surface area contributed by atoms with Crippen molar-refractivity contribution in [3.63, 3.8) is 0 Å². The topological polar surface area (TPSA) is 124 Å². The van der Waals surface area contributed by atoms with Crippen molar-refractivity contribution < 1.29 is 13.3 Å². The number of aryl methyl sites for hydroxylation is 1. The molecule has 3 rings (SSSR count). The summed E-state index contributed by atoms with van der Waals surface area (Å²) in [6, 6.07) is 7.69. The average Bonchev–Trinajstić information content (AvgIpc) is 2.97. The first-order valence-corrected chi connectivity index (χ1v) is 10.7. The molecule has 0 unspecified atom stereocenters. The van der Waals surface area contributed by atoms with Crippen molar-refractivity contribution in [2.75, 3.05) is 18.5 Å². The second-order valence-corrected chi connectivity index (χ2v) is 8.42. The number of hydrogen-bond donors (Lipinski definition) is 3. The number of anilines is 1. The van der Waals surface area contributed by atoms with Gasteiger partial charge in [0.2, 0.25) is 10.0 Å². The lowest BCUT2D eigenvalue weighted by Crippen LogP contribution is -2.24. The Balaban J connectivity index is 2.00. The van der Waals surface area contributed by atoms with E-state index >= 15 is 0 Å². The molecule has 0 aliphatic carbocycles. The summed E-state index contributed by atoms with van der Waals surface area (Å²) >= 11 is 0. The molecule has 4 N–H and O–H groups in total. The Hall–Kier alpha value is -2.69. The van der Waals surface area contributed by atoms with E-state index in [2.05, 4.69) is 26.7 Å². The minimum Gasteiger partial charge on any atom is -0.382 e. The van der Waals surface area contributed by atoms with Gasteiger partial charge in [-0.3, -0.25) is 10.3 Å². The van der Waals surface area contributed by atoms with Crippen LogP contribution in [0.1, 0.15) is 19.2 Å². The molecule has 10 heteroatoms. The Kier molecular flexibility index (Phi) is 5.82. The molecule has 0 fully saturated rings. The highest BCUT2D eigenvalue weighted by Crippen LogP contribution is 2.29. The van der Waals surface area contributed by atoms with Crippen molar-refractivity contribution in [3.05, 3.63) is 42.4 Å². The number of nitrogens with zero attached hydrogens (tertiary/aromatic N) is 3. The average molecular weight is 404 g/mol. The minimum atomic E-state index is -3.23. The molecular formula is C18H24N6O3S. The van der Waals surface area contributed by atoms with E-state index < -0.39 is 10.0 Å². The minimum absolute atomic E-state index is 0.189. The summed E-state index contributed by atoms with van der Waals surface area (Å²) in [6.45, 7) is 6.57. The number of rotatable bonds is 9. The maximum absolute atomic E-state index is 11.3. The van der Waals surface area contributed by atoms with Gasteiger partial charge in [-0.1, -0.05) is 24.8 Å². The Bertz CT molecular complexity index is 1120. The van der Waals surface area contributed by atoms with Crippen LogP contribution in [0.2, 0.25) is 0 Å². The fraction of sp³-hybridized carbons (Fsp3) is 0.333. The summed E-state index contributed by atoms with van der Waals surface area (Å²) in [5.74, 6) is 1.00. The number of fused-ring (bicyclic) bond motifs is 3. The summed E-state index contributed by atoms with van der Waals surface area (Å²) in [7, 11) is -3.23. The van der Waals surface area contributed by atoms with Crippen molar-refractivity contribution in [1.82, 2.24) is 24.7 Å². The Morgan fingerprint density at radius 3 is 2.79 bits per heavy atom. The van der Waals surface area contributed by atoms with Crippen LogP contribution < -0.4 is 15.9 Å². The molecule has 0 radical (unpaired) electrons. The zero-order valence-corrected chi connectivity index (χ0v) is 16.7. The molecule has 28 heavy (non-hydrogen) atoms. The molecular weight excluding hydrogens is 380 g/mol. The van der Waals surface area contributed by atoms with Gasteiger partial charge in [0, 0.05) is 24.2 Å². The molecule has 0 spiro atoms. The van der Waals surface area contributed by atoms with E-state index in [1.165, 1.54) is 0 Å². The zero-order valence-electron chi connectivity index (χ0n) is 15.9. The van der Waals surface area contributed by atoms with E-state index in [0.29, 0.717) is 42.4 Å². The van der Waals surface area contributed by atoms with Crippen LogP contribution in [0, 0.1) is 0 Å². The van der Waals surface area contributed by atoms with Gasteiger partial charge in [-0.05, 0) is 19.4 Å². The number of imidazole rings is 1. The van der Waals surface area contributed by atoms with Gasteiger partial charge in [0.25, 0.3) is 0 Å². The number of nitrogens with one attached hydrogen (secondary N) is 2. The van der Waals surface area contributed by atoms with Crippen molar-refractivity contribution >= 4 is 37.8 Å². The first kappa shape index (κ1) is 20.1. The normalized spacial score (nSPS) is 11.9. The Morgan fingerprint density at radius 1 is 1.32 bits per heavy atom. The molecule has 150 valence electrons. The van der Waals surface area contributed by atoms with Gasteiger partial charge in [-0.2, -0.15) is 0 Å². The van der Waals surface area contributed by atoms with Crippen molar-refractivity contribution in [2.45, 2.75) is 26.5 Å². The zero-order chi connectivity index (χ0) is 20.3. The summed E-state index contributed by atoms with van der Waals surface area (Å²) in [5, 5.41) is 0.925.